The summed E-state index contributed by atoms with van der Waals surface area (Å²) in [5.74, 6) is 0.313. The molecule has 2 aromatic carbocycles. The van der Waals surface area contributed by atoms with Gasteiger partial charge < -0.3 is 9.63 Å². The van der Waals surface area contributed by atoms with Crippen molar-refractivity contribution < 1.29 is 27.6 Å². The van der Waals surface area contributed by atoms with Gasteiger partial charge in [-0.15, -0.1) is 0 Å². The van der Waals surface area contributed by atoms with Gasteiger partial charge in [0.1, 0.15) is 0 Å². The van der Waals surface area contributed by atoms with Gasteiger partial charge in [0.15, 0.2) is 0 Å². The molecule has 0 bridgehead atoms. The lowest BCUT2D eigenvalue weighted by Crippen LogP contribution is -2.06. The third-order valence-corrected chi connectivity index (χ3v) is 3.28. The first-order valence-corrected chi connectivity index (χ1v) is 6.94. The van der Waals surface area contributed by atoms with Crippen LogP contribution in [0.1, 0.15) is 5.56 Å². The quantitative estimate of drug-likeness (QED) is 0.726. The molecule has 1 heterocycles. The molecule has 3 rings (SSSR count). The molecule has 6 nitrogen and oxygen atoms in total. The maximum Gasteiger partial charge on any atom is 0.416 e. The standard InChI is InChI=1S/C16H10F3N3O3/c17-16(18,19)11-5-1-10(2-6-11)14-21-13(22-25-14)9-3-7-12(8-4-9)20-15(23)24/h1-8,20H,(H,23,24). The number of rotatable bonds is 3. The van der Waals surface area contributed by atoms with E-state index in [1.165, 1.54) is 24.3 Å². The minimum Gasteiger partial charge on any atom is -0.465 e. The summed E-state index contributed by atoms with van der Waals surface area (Å²) < 4.78 is 42.8. The first kappa shape index (κ1) is 16.5. The predicted octanol–water partition coefficient (Wildman–Crippen LogP) is 4.51. The van der Waals surface area contributed by atoms with Gasteiger partial charge >= 0.3 is 12.3 Å². The molecule has 1 amide bonds. The number of hydrogen-bond acceptors (Lipinski definition) is 4. The molecule has 3 aromatic rings. The molecule has 1 aromatic heterocycles. The number of aromatic nitrogens is 2. The zero-order chi connectivity index (χ0) is 18.0. The van der Waals surface area contributed by atoms with Crippen molar-refractivity contribution in [2.45, 2.75) is 6.18 Å². The van der Waals surface area contributed by atoms with Crippen LogP contribution in [0, 0.1) is 0 Å². The monoisotopic (exact) mass is 349 g/mol. The van der Waals surface area contributed by atoms with Crippen LogP contribution in [0.15, 0.2) is 53.1 Å². The molecule has 0 fully saturated rings. The van der Waals surface area contributed by atoms with Gasteiger partial charge in [-0.25, -0.2) is 4.79 Å². The highest BCUT2D eigenvalue weighted by Crippen LogP contribution is 2.31. The fraction of sp³-hybridized carbons (Fsp3) is 0.0625. The Labute approximate surface area is 138 Å². The minimum absolute atomic E-state index is 0.0801. The molecule has 25 heavy (non-hydrogen) atoms. The Bertz CT molecular complexity index is 887. The van der Waals surface area contributed by atoms with E-state index in [1.54, 1.807) is 12.1 Å². The van der Waals surface area contributed by atoms with Gasteiger partial charge in [-0.2, -0.15) is 18.2 Å². The number of carbonyl (C=O) groups is 1. The van der Waals surface area contributed by atoms with Crippen molar-refractivity contribution in [1.29, 1.82) is 0 Å². The summed E-state index contributed by atoms with van der Waals surface area (Å²) in [4.78, 5) is 14.7. The number of benzene rings is 2. The Kier molecular flexibility index (Phi) is 4.14. The molecule has 0 atom stereocenters. The predicted molar refractivity (Wildman–Crippen MR) is 81.8 cm³/mol. The molecule has 9 heteroatoms. The number of carboxylic acid groups (broad SMARTS) is 1. The summed E-state index contributed by atoms with van der Waals surface area (Å²) in [7, 11) is 0. The summed E-state index contributed by atoms with van der Waals surface area (Å²) in [6, 6.07) is 10.6. The van der Waals surface area contributed by atoms with E-state index in [9.17, 15) is 18.0 Å². The van der Waals surface area contributed by atoms with E-state index in [4.69, 9.17) is 9.63 Å². The Morgan fingerprint density at radius 1 is 1.00 bits per heavy atom. The van der Waals surface area contributed by atoms with Gasteiger partial charge in [0.2, 0.25) is 5.82 Å². The molecular formula is C16H10F3N3O3. The molecule has 0 saturated carbocycles. The average Bonchev–Trinajstić information content (AvgIpc) is 3.04. The molecule has 0 spiro atoms. The van der Waals surface area contributed by atoms with E-state index < -0.39 is 17.8 Å². The third-order valence-electron chi connectivity index (χ3n) is 3.28. The highest BCUT2D eigenvalue weighted by Gasteiger charge is 2.30. The van der Waals surface area contributed by atoms with Crippen LogP contribution < -0.4 is 5.32 Å². The maximum atomic E-state index is 12.6. The van der Waals surface area contributed by atoms with Crippen molar-refractivity contribution in [1.82, 2.24) is 10.1 Å². The second kappa shape index (κ2) is 6.27. The fourth-order valence-electron chi connectivity index (χ4n) is 2.09. The van der Waals surface area contributed by atoms with E-state index in [-0.39, 0.29) is 11.7 Å². The Hall–Kier alpha value is -3.36. The number of nitrogens with zero attached hydrogens (tertiary/aromatic N) is 2. The number of nitrogens with one attached hydrogen (secondary N) is 1. The van der Waals surface area contributed by atoms with Crippen molar-refractivity contribution in [3.05, 3.63) is 54.1 Å². The van der Waals surface area contributed by atoms with Crippen LogP contribution in [0.2, 0.25) is 0 Å². The first-order chi connectivity index (χ1) is 11.8. The van der Waals surface area contributed by atoms with Crippen LogP contribution in [0.25, 0.3) is 22.8 Å². The lowest BCUT2D eigenvalue weighted by Gasteiger charge is -2.05. The minimum atomic E-state index is -4.41. The van der Waals surface area contributed by atoms with E-state index >= 15 is 0 Å². The molecule has 128 valence electrons. The molecule has 0 saturated heterocycles. The van der Waals surface area contributed by atoms with Crippen molar-refractivity contribution in [2.24, 2.45) is 0 Å². The van der Waals surface area contributed by atoms with Gasteiger partial charge in [-0.3, -0.25) is 5.32 Å². The van der Waals surface area contributed by atoms with Crippen molar-refractivity contribution in [2.75, 3.05) is 5.32 Å². The van der Waals surface area contributed by atoms with Crippen LogP contribution in [0.5, 0.6) is 0 Å². The number of hydrogen-bond donors (Lipinski definition) is 2. The lowest BCUT2D eigenvalue weighted by atomic mass is 10.1. The van der Waals surface area contributed by atoms with Crippen LogP contribution >= 0.6 is 0 Å². The van der Waals surface area contributed by atoms with E-state index in [2.05, 4.69) is 15.5 Å². The van der Waals surface area contributed by atoms with E-state index in [0.717, 1.165) is 12.1 Å². The fourth-order valence-corrected chi connectivity index (χ4v) is 2.09. The number of alkyl halides is 3. The largest absolute Gasteiger partial charge is 0.465 e. The molecule has 2 N–H and O–H groups in total. The van der Waals surface area contributed by atoms with Gasteiger partial charge in [0.05, 0.1) is 5.56 Å². The molecule has 0 unspecified atom stereocenters. The molecule has 0 aliphatic rings. The van der Waals surface area contributed by atoms with Crippen LogP contribution in [-0.2, 0) is 6.18 Å². The van der Waals surface area contributed by atoms with Crippen LogP contribution in [0.4, 0.5) is 23.7 Å². The molecule has 0 radical (unpaired) electrons. The topological polar surface area (TPSA) is 88.2 Å². The average molecular weight is 349 g/mol. The number of halogens is 3. The maximum absolute atomic E-state index is 12.6. The Morgan fingerprint density at radius 3 is 2.16 bits per heavy atom. The zero-order valence-electron chi connectivity index (χ0n) is 12.4. The number of amides is 1. The summed E-state index contributed by atoms with van der Waals surface area (Å²) in [5.41, 5.74) is 0.536. The second-order valence-corrected chi connectivity index (χ2v) is 5.01. The van der Waals surface area contributed by atoms with Crippen LogP contribution in [0.3, 0.4) is 0 Å². The lowest BCUT2D eigenvalue weighted by molar-refractivity contribution is -0.137. The van der Waals surface area contributed by atoms with E-state index in [1.807, 2.05) is 0 Å². The SMILES string of the molecule is O=C(O)Nc1ccc(-c2noc(-c3ccc(C(F)(F)F)cc3)n2)cc1. The molecule has 0 aliphatic heterocycles. The van der Waals surface area contributed by atoms with Gasteiger partial charge in [0.25, 0.3) is 5.89 Å². The summed E-state index contributed by atoms with van der Waals surface area (Å²) in [6.45, 7) is 0. The van der Waals surface area contributed by atoms with Crippen LogP contribution in [-0.4, -0.2) is 21.3 Å². The summed E-state index contributed by atoms with van der Waals surface area (Å²) in [5, 5.41) is 14.6. The normalized spacial score (nSPS) is 11.3. The van der Waals surface area contributed by atoms with Gasteiger partial charge in [-0.1, -0.05) is 5.16 Å². The van der Waals surface area contributed by atoms with Crippen molar-refractivity contribution in [3.8, 4) is 22.8 Å². The van der Waals surface area contributed by atoms with Crippen molar-refractivity contribution >= 4 is 11.8 Å². The molecule has 0 aliphatic carbocycles. The zero-order valence-corrected chi connectivity index (χ0v) is 12.4. The third kappa shape index (κ3) is 3.77. The highest BCUT2D eigenvalue weighted by atomic mass is 19.4. The number of anilines is 1. The summed E-state index contributed by atoms with van der Waals surface area (Å²) >= 11 is 0. The molecular weight excluding hydrogens is 339 g/mol. The Morgan fingerprint density at radius 2 is 1.60 bits per heavy atom. The first-order valence-electron chi connectivity index (χ1n) is 6.94. The van der Waals surface area contributed by atoms with Gasteiger partial charge in [-0.05, 0) is 48.5 Å². The Balaban J connectivity index is 1.81. The summed E-state index contributed by atoms with van der Waals surface area (Å²) in [6.07, 6.45) is -5.60. The second-order valence-electron chi connectivity index (χ2n) is 5.01. The smallest absolute Gasteiger partial charge is 0.416 e. The van der Waals surface area contributed by atoms with Gasteiger partial charge in [0, 0.05) is 16.8 Å². The van der Waals surface area contributed by atoms with E-state index in [0.29, 0.717) is 16.8 Å². The highest BCUT2D eigenvalue weighted by molar-refractivity contribution is 5.83. The van der Waals surface area contributed by atoms with Crippen molar-refractivity contribution in [3.63, 3.8) is 0 Å².